The first-order valence-electron chi connectivity index (χ1n) is 9.73. The van der Waals surface area contributed by atoms with Gasteiger partial charge in [-0.05, 0) is 48.2 Å². The highest BCUT2D eigenvalue weighted by Gasteiger charge is 2.15. The molecule has 6 nitrogen and oxygen atoms in total. The fourth-order valence-electron chi connectivity index (χ4n) is 3.35. The van der Waals surface area contributed by atoms with E-state index in [1.54, 1.807) is 24.3 Å². The molecule has 0 radical (unpaired) electrons. The van der Waals surface area contributed by atoms with Crippen molar-refractivity contribution in [1.82, 2.24) is 0 Å². The Morgan fingerprint density at radius 3 is 2.35 bits per heavy atom. The van der Waals surface area contributed by atoms with Crippen molar-refractivity contribution in [2.75, 3.05) is 0 Å². The smallest absolute Gasteiger partial charge is 0.349 e. The molecule has 0 unspecified atom stereocenters. The van der Waals surface area contributed by atoms with Gasteiger partial charge >= 0.3 is 11.6 Å². The van der Waals surface area contributed by atoms with Gasteiger partial charge < -0.3 is 14.9 Å². The summed E-state index contributed by atoms with van der Waals surface area (Å²) in [5.41, 5.74) is 6.84. The highest BCUT2D eigenvalue weighted by Crippen LogP contribution is 2.22. The highest BCUT2D eigenvalue weighted by molar-refractivity contribution is 5.96. The molecule has 31 heavy (non-hydrogen) atoms. The molecule has 0 spiro atoms. The maximum absolute atomic E-state index is 12.8. The summed E-state index contributed by atoms with van der Waals surface area (Å²) in [5, 5.41) is 0.497. The van der Waals surface area contributed by atoms with Crippen LogP contribution in [0.1, 0.15) is 31.8 Å². The number of esters is 1. The third kappa shape index (κ3) is 4.53. The summed E-state index contributed by atoms with van der Waals surface area (Å²) >= 11 is 0. The first kappa shape index (κ1) is 20.1. The lowest BCUT2D eigenvalue weighted by atomic mass is 10.00. The molecule has 3 aromatic carbocycles. The van der Waals surface area contributed by atoms with E-state index in [9.17, 15) is 14.4 Å². The van der Waals surface area contributed by atoms with Crippen molar-refractivity contribution in [1.29, 1.82) is 0 Å². The monoisotopic (exact) mass is 413 g/mol. The Kier molecular flexibility index (Phi) is 5.62. The molecule has 2 N–H and O–H groups in total. The van der Waals surface area contributed by atoms with Crippen molar-refractivity contribution in [3.05, 3.63) is 112 Å². The molecule has 0 saturated carbocycles. The van der Waals surface area contributed by atoms with E-state index in [2.05, 4.69) is 0 Å². The van der Waals surface area contributed by atoms with E-state index in [1.165, 1.54) is 17.7 Å². The van der Waals surface area contributed by atoms with Crippen LogP contribution in [0.4, 0.5) is 0 Å². The highest BCUT2D eigenvalue weighted by atomic mass is 16.5. The van der Waals surface area contributed by atoms with Crippen molar-refractivity contribution >= 4 is 22.8 Å². The van der Waals surface area contributed by atoms with Gasteiger partial charge in [0.2, 0.25) is 0 Å². The van der Waals surface area contributed by atoms with E-state index in [-0.39, 0.29) is 16.9 Å². The number of ether oxygens (including phenoxy) is 1. The van der Waals surface area contributed by atoms with Crippen LogP contribution in [0.5, 0.6) is 5.75 Å². The summed E-state index contributed by atoms with van der Waals surface area (Å²) in [6.07, 6.45) is 1.49. The summed E-state index contributed by atoms with van der Waals surface area (Å²) in [6, 6.07) is 23.3. The molecule has 1 heterocycles. The predicted molar refractivity (Wildman–Crippen MR) is 116 cm³/mol. The van der Waals surface area contributed by atoms with Gasteiger partial charge in [-0.15, -0.1) is 0 Å². The molecule has 0 aliphatic heterocycles. The van der Waals surface area contributed by atoms with Crippen LogP contribution in [0, 0.1) is 0 Å². The van der Waals surface area contributed by atoms with Crippen LogP contribution in [0.25, 0.3) is 11.0 Å². The number of nitrogens with two attached hydrogens (primary N) is 1. The van der Waals surface area contributed by atoms with Crippen LogP contribution in [0.2, 0.25) is 0 Å². The number of benzene rings is 3. The van der Waals surface area contributed by atoms with E-state index in [0.717, 1.165) is 12.0 Å². The Hall–Kier alpha value is -4.19. The standard InChI is InChI=1S/C25H19NO5/c26-23(27)21-14-18-12-13-19(15-22(18)31-25(21)29)30-24(28)20-9-5-4-8-17(20)11-10-16-6-2-1-3-7-16/h1-9,12-15H,10-11H2,(H2,26,27). The summed E-state index contributed by atoms with van der Waals surface area (Å²) in [4.78, 5) is 36.0. The molecule has 0 atom stereocenters. The Morgan fingerprint density at radius 2 is 1.58 bits per heavy atom. The average molecular weight is 413 g/mol. The zero-order valence-corrected chi connectivity index (χ0v) is 16.5. The summed E-state index contributed by atoms with van der Waals surface area (Å²) < 4.78 is 10.7. The second-order valence-electron chi connectivity index (χ2n) is 7.04. The van der Waals surface area contributed by atoms with E-state index in [0.29, 0.717) is 17.4 Å². The third-order valence-corrected chi connectivity index (χ3v) is 4.95. The van der Waals surface area contributed by atoms with E-state index in [4.69, 9.17) is 14.9 Å². The lowest BCUT2D eigenvalue weighted by Crippen LogP contribution is -2.20. The Balaban J connectivity index is 1.55. The number of carbonyl (C=O) groups excluding carboxylic acids is 2. The number of aryl methyl sites for hydroxylation is 2. The first-order valence-corrected chi connectivity index (χ1v) is 9.73. The quantitative estimate of drug-likeness (QED) is 0.294. The minimum Gasteiger partial charge on any atom is -0.423 e. The molecular weight excluding hydrogens is 394 g/mol. The number of hydrogen-bond donors (Lipinski definition) is 1. The summed E-state index contributed by atoms with van der Waals surface area (Å²) in [5.74, 6) is -1.14. The summed E-state index contributed by atoms with van der Waals surface area (Å²) in [6.45, 7) is 0. The van der Waals surface area contributed by atoms with Gasteiger partial charge in [0, 0.05) is 11.5 Å². The molecule has 4 rings (SSSR count). The van der Waals surface area contributed by atoms with Gasteiger partial charge in [-0.2, -0.15) is 0 Å². The largest absolute Gasteiger partial charge is 0.423 e. The van der Waals surface area contributed by atoms with Crippen LogP contribution in [-0.2, 0) is 12.8 Å². The van der Waals surface area contributed by atoms with Gasteiger partial charge in [0.15, 0.2) is 0 Å². The molecular formula is C25H19NO5. The molecule has 0 aliphatic rings. The number of rotatable bonds is 6. The second kappa shape index (κ2) is 8.67. The zero-order chi connectivity index (χ0) is 21.8. The number of primary amides is 1. The third-order valence-electron chi connectivity index (χ3n) is 4.95. The fraction of sp³-hybridized carbons (Fsp3) is 0.0800. The van der Waals surface area contributed by atoms with Gasteiger partial charge in [0.25, 0.3) is 5.91 Å². The fourth-order valence-corrected chi connectivity index (χ4v) is 3.35. The molecule has 0 aliphatic carbocycles. The molecule has 6 heteroatoms. The van der Waals surface area contributed by atoms with Crippen molar-refractivity contribution in [2.24, 2.45) is 5.73 Å². The van der Waals surface area contributed by atoms with Gasteiger partial charge in [0.05, 0.1) is 5.56 Å². The van der Waals surface area contributed by atoms with Crippen molar-refractivity contribution in [2.45, 2.75) is 12.8 Å². The zero-order valence-electron chi connectivity index (χ0n) is 16.5. The van der Waals surface area contributed by atoms with Crippen molar-refractivity contribution < 1.29 is 18.7 Å². The molecule has 154 valence electrons. The molecule has 4 aromatic rings. The molecule has 0 fully saturated rings. The number of fused-ring (bicyclic) bond motifs is 1. The Bertz CT molecular complexity index is 1320. The first-order chi connectivity index (χ1) is 15.0. The minimum absolute atomic E-state index is 0.192. The van der Waals surface area contributed by atoms with Crippen molar-refractivity contribution in [3.63, 3.8) is 0 Å². The van der Waals surface area contributed by atoms with Gasteiger partial charge in [-0.3, -0.25) is 4.79 Å². The van der Waals surface area contributed by atoms with Gasteiger partial charge in [0.1, 0.15) is 16.9 Å². The van der Waals surface area contributed by atoms with E-state index < -0.39 is 17.5 Å². The topological polar surface area (TPSA) is 99.6 Å². The van der Waals surface area contributed by atoms with Crippen LogP contribution < -0.4 is 16.1 Å². The predicted octanol–water partition coefficient (Wildman–Crippen LogP) is 3.90. The van der Waals surface area contributed by atoms with E-state index >= 15 is 0 Å². The number of hydrogen-bond acceptors (Lipinski definition) is 5. The second-order valence-corrected chi connectivity index (χ2v) is 7.04. The Labute approximate surface area is 177 Å². The normalized spacial score (nSPS) is 10.7. The molecule has 0 saturated heterocycles. The Morgan fingerprint density at radius 1 is 0.839 bits per heavy atom. The number of amides is 1. The maximum atomic E-state index is 12.8. The SMILES string of the molecule is NC(=O)c1cc2ccc(OC(=O)c3ccccc3CCc3ccccc3)cc2oc1=O. The average Bonchev–Trinajstić information content (AvgIpc) is 2.78. The van der Waals surface area contributed by atoms with Crippen LogP contribution in [-0.4, -0.2) is 11.9 Å². The van der Waals surface area contributed by atoms with Crippen LogP contribution in [0.15, 0.2) is 88.1 Å². The molecule has 1 amide bonds. The maximum Gasteiger partial charge on any atom is 0.349 e. The lowest BCUT2D eigenvalue weighted by Gasteiger charge is -2.10. The van der Waals surface area contributed by atoms with Crippen LogP contribution in [0.3, 0.4) is 0 Å². The van der Waals surface area contributed by atoms with Crippen molar-refractivity contribution in [3.8, 4) is 5.75 Å². The summed E-state index contributed by atoms with van der Waals surface area (Å²) in [7, 11) is 0. The number of carbonyl (C=O) groups is 2. The lowest BCUT2D eigenvalue weighted by molar-refractivity contribution is 0.0733. The molecule has 1 aromatic heterocycles. The van der Waals surface area contributed by atoms with Gasteiger partial charge in [-0.25, -0.2) is 9.59 Å². The molecule has 0 bridgehead atoms. The van der Waals surface area contributed by atoms with Gasteiger partial charge in [-0.1, -0.05) is 48.5 Å². The minimum atomic E-state index is -0.863. The van der Waals surface area contributed by atoms with E-state index in [1.807, 2.05) is 42.5 Å². The van der Waals surface area contributed by atoms with Crippen LogP contribution >= 0.6 is 0 Å².